The van der Waals surface area contributed by atoms with E-state index < -0.39 is 0 Å². The van der Waals surface area contributed by atoms with Gasteiger partial charge in [-0.25, -0.2) is 0 Å². The van der Waals surface area contributed by atoms with Crippen LogP contribution in [0.3, 0.4) is 0 Å². The number of fused-ring (bicyclic) bond motifs is 1. The van der Waals surface area contributed by atoms with Crippen molar-refractivity contribution in [3.63, 3.8) is 0 Å². The molecule has 1 aromatic rings. The van der Waals surface area contributed by atoms with Crippen molar-refractivity contribution in [1.82, 2.24) is 5.32 Å². The predicted octanol–water partition coefficient (Wildman–Crippen LogP) is 2.21. The molecule has 0 spiro atoms. The smallest absolute Gasteiger partial charge is 0.0620 e. The summed E-state index contributed by atoms with van der Waals surface area (Å²) in [7, 11) is 0. The lowest BCUT2D eigenvalue weighted by atomic mass is 10.1. The highest BCUT2D eigenvalue weighted by molar-refractivity contribution is 5.54. The van der Waals surface area contributed by atoms with E-state index in [1.165, 1.54) is 43.5 Å². The first kappa shape index (κ1) is 12.9. The number of morpholine rings is 1. The van der Waals surface area contributed by atoms with E-state index in [4.69, 9.17) is 4.74 Å². The number of rotatable bonds is 3. The number of anilines is 1. The van der Waals surface area contributed by atoms with Crippen LogP contribution in [0.25, 0.3) is 0 Å². The largest absolute Gasteiger partial charge is 0.379 e. The summed E-state index contributed by atoms with van der Waals surface area (Å²) in [6, 6.07) is 9.43. The van der Waals surface area contributed by atoms with E-state index in [2.05, 4.69) is 34.5 Å². The molecule has 104 valence electrons. The Morgan fingerprint density at radius 3 is 3.11 bits per heavy atom. The maximum atomic E-state index is 5.54. The molecule has 0 aliphatic carbocycles. The van der Waals surface area contributed by atoms with E-state index in [-0.39, 0.29) is 0 Å². The van der Waals surface area contributed by atoms with Crippen LogP contribution >= 0.6 is 0 Å². The summed E-state index contributed by atoms with van der Waals surface area (Å²) in [5, 5.41) is 3.55. The van der Waals surface area contributed by atoms with Gasteiger partial charge in [-0.3, -0.25) is 0 Å². The number of para-hydroxylation sites is 1. The van der Waals surface area contributed by atoms with Crippen LogP contribution in [0, 0.1) is 0 Å². The second-order valence-corrected chi connectivity index (χ2v) is 5.59. The Morgan fingerprint density at radius 2 is 2.21 bits per heavy atom. The molecule has 0 aromatic heterocycles. The molecule has 3 nitrogen and oxygen atoms in total. The van der Waals surface area contributed by atoms with Crippen molar-refractivity contribution >= 4 is 5.69 Å². The topological polar surface area (TPSA) is 24.5 Å². The van der Waals surface area contributed by atoms with Crippen LogP contribution in [-0.2, 0) is 11.2 Å². The monoisotopic (exact) mass is 260 g/mol. The third-order valence-electron chi connectivity index (χ3n) is 4.20. The first-order chi connectivity index (χ1) is 9.43. The first-order valence-corrected chi connectivity index (χ1v) is 7.57. The Labute approximate surface area is 115 Å². The molecule has 1 aromatic carbocycles. The Bertz CT molecular complexity index is 401. The van der Waals surface area contributed by atoms with Crippen LogP contribution in [0.4, 0.5) is 5.69 Å². The van der Waals surface area contributed by atoms with Crippen LogP contribution in [-0.4, -0.2) is 38.9 Å². The van der Waals surface area contributed by atoms with E-state index in [0.29, 0.717) is 6.04 Å². The Morgan fingerprint density at radius 1 is 1.26 bits per heavy atom. The summed E-state index contributed by atoms with van der Waals surface area (Å²) in [6.45, 7) is 5.07. The highest BCUT2D eigenvalue weighted by atomic mass is 16.5. The molecule has 3 rings (SSSR count). The van der Waals surface area contributed by atoms with Crippen molar-refractivity contribution in [3.05, 3.63) is 29.8 Å². The zero-order valence-corrected chi connectivity index (χ0v) is 11.6. The van der Waals surface area contributed by atoms with Gasteiger partial charge in [-0.2, -0.15) is 0 Å². The number of hydrogen-bond donors (Lipinski definition) is 1. The highest BCUT2D eigenvalue weighted by Crippen LogP contribution is 2.26. The molecule has 2 aliphatic rings. The van der Waals surface area contributed by atoms with Crippen molar-refractivity contribution < 1.29 is 4.74 Å². The molecule has 1 fully saturated rings. The zero-order chi connectivity index (χ0) is 12.9. The van der Waals surface area contributed by atoms with Gasteiger partial charge in [0.25, 0.3) is 0 Å². The molecular formula is C16H24N2O. The number of ether oxygens (including phenoxy) is 1. The minimum absolute atomic E-state index is 0.532. The SMILES string of the molecule is c1ccc2c(c1)CCCCN2CCC1COCCN1. The van der Waals surface area contributed by atoms with Crippen molar-refractivity contribution in [2.75, 3.05) is 37.7 Å². The molecule has 1 unspecified atom stereocenters. The normalized spacial score (nSPS) is 23.8. The Kier molecular flexibility index (Phi) is 4.36. The van der Waals surface area contributed by atoms with E-state index in [1.807, 2.05) is 0 Å². The van der Waals surface area contributed by atoms with Gasteiger partial charge in [-0.15, -0.1) is 0 Å². The maximum Gasteiger partial charge on any atom is 0.0620 e. The minimum atomic E-state index is 0.532. The molecule has 2 heterocycles. The van der Waals surface area contributed by atoms with Crippen LogP contribution < -0.4 is 10.2 Å². The Hall–Kier alpha value is -1.06. The summed E-state index contributed by atoms with van der Waals surface area (Å²) in [4.78, 5) is 2.57. The van der Waals surface area contributed by atoms with E-state index in [9.17, 15) is 0 Å². The summed E-state index contributed by atoms with van der Waals surface area (Å²) < 4.78 is 5.54. The molecule has 0 saturated carbocycles. The van der Waals surface area contributed by atoms with Crippen molar-refractivity contribution in [3.8, 4) is 0 Å². The lowest BCUT2D eigenvalue weighted by molar-refractivity contribution is 0.0748. The third kappa shape index (κ3) is 3.28. The lowest BCUT2D eigenvalue weighted by Gasteiger charge is -2.29. The average molecular weight is 260 g/mol. The van der Waals surface area contributed by atoms with Gasteiger partial charge in [0.2, 0.25) is 0 Å². The quantitative estimate of drug-likeness (QED) is 0.902. The van der Waals surface area contributed by atoms with Gasteiger partial charge in [0, 0.05) is 31.4 Å². The summed E-state index contributed by atoms with van der Waals surface area (Å²) in [5.74, 6) is 0. The number of hydrogen-bond acceptors (Lipinski definition) is 3. The zero-order valence-electron chi connectivity index (χ0n) is 11.6. The minimum Gasteiger partial charge on any atom is -0.379 e. The lowest BCUT2D eigenvalue weighted by Crippen LogP contribution is -2.43. The van der Waals surface area contributed by atoms with Crippen LogP contribution in [0.15, 0.2) is 24.3 Å². The second kappa shape index (κ2) is 6.40. The number of benzene rings is 1. The second-order valence-electron chi connectivity index (χ2n) is 5.59. The third-order valence-corrected chi connectivity index (χ3v) is 4.20. The van der Waals surface area contributed by atoms with E-state index >= 15 is 0 Å². The van der Waals surface area contributed by atoms with Gasteiger partial charge in [0.15, 0.2) is 0 Å². The predicted molar refractivity (Wildman–Crippen MR) is 78.8 cm³/mol. The molecular weight excluding hydrogens is 236 g/mol. The van der Waals surface area contributed by atoms with Crippen LogP contribution in [0.2, 0.25) is 0 Å². The fourth-order valence-corrected chi connectivity index (χ4v) is 3.12. The molecule has 1 atom stereocenters. The summed E-state index contributed by atoms with van der Waals surface area (Å²) >= 11 is 0. The molecule has 19 heavy (non-hydrogen) atoms. The van der Waals surface area contributed by atoms with Gasteiger partial charge in [-0.1, -0.05) is 18.2 Å². The van der Waals surface area contributed by atoms with Gasteiger partial charge >= 0.3 is 0 Å². The molecule has 1 N–H and O–H groups in total. The van der Waals surface area contributed by atoms with Crippen molar-refractivity contribution in [1.29, 1.82) is 0 Å². The molecule has 1 saturated heterocycles. The fraction of sp³-hybridized carbons (Fsp3) is 0.625. The highest BCUT2D eigenvalue weighted by Gasteiger charge is 2.18. The summed E-state index contributed by atoms with van der Waals surface area (Å²) in [6.07, 6.45) is 5.04. The van der Waals surface area contributed by atoms with E-state index in [0.717, 1.165) is 26.3 Å². The summed E-state index contributed by atoms with van der Waals surface area (Å²) in [5.41, 5.74) is 2.98. The molecule has 0 radical (unpaired) electrons. The van der Waals surface area contributed by atoms with Crippen molar-refractivity contribution in [2.24, 2.45) is 0 Å². The molecule has 0 bridgehead atoms. The number of nitrogens with one attached hydrogen (secondary N) is 1. The number of nitrogens with zero attached hydrogens (tertiary/aromatic N) is 1. The molecule has 2 aliphatic heterocycles. The molecule has 3 heteroatoms. The van der Waals surface area contributed by atoms with Gasteiger partial charge in [-0.05, 0) is 37.3 Å². The van der Waals surface area contributed by atoms with Gasteiger partial charge < -0.3 is 15.0 Å². The van der Waals surface area contributed by atoms with Crippen LogP contribution in [0.5, 0.6) is 0 Å². The van der Waals surface area contributed by atoms with Gasteiger partial charge in [0.1, 0.15) is 0 Å². The van der Waals surface area contributed by atoms with Crippen molar-refractivity contribution in [2.45, 2.75) is 31.7 Å². The molecule has 0 amide bonds. The maximum absolute atomic E-state index is 5.54. The fourth-order valence-electron chi connectivity index (χ4n) is 3.12. The first-order valence-electron chi connectivity index (χ1n) is 7.57. The van der Waals surface area contributed by atoms with Crippen LogP contribution in [0.1, 0.15) is 24.8 Å². The average Bonchev–Trinajstić information content (AvgIpc) is 2.68. The van der Waals surface area contributed by atoms with Gasteiger partial charge in [0.05, 0.1) is 13.2 Å². The standard InChI is InChI=1S/C16H24N2O/c1-2-7-16-14(5-1)6-3-4-10-18(16)11-8-15-13-19-12-9-17-15/h1-2,5,7,15,17H,3-4,6,8-13H2. The number of aryl methyl sites for hydroxylation is 1. The Balaban J connectivity index is 1.63. The van der Waals surface area contributed by atoms with E-state index in [1.54, 1.807) is 0 Å².